The first-order valence-electron chi connectivity index (χ1n) is 8.35. The van der Waals surface area contributed by atoms with Gasteiger partial charge in [0.05, 0.1) is 24.4 Å². The molecule has 0 aliphatic heterocycles. The molecule has 7 heteroatoms. The van der Waals surface area contributed by atoms with Gasteiger partial charge in [0.2, 0.25) is 0 Å². The fraction of sp³-hybridized carbons (Fsp3) is 0.200. The van der Waals surface area contributed by atoms with Gasteiger partial charge < -0.3 is 14.8 Å². The molecule has 2 N–H and O–H groups in total. The van der Waals surface area contributed by atoms with Crippen molar-refractivity contribution in [3.8, 4) is 23.3 Å². The molecule has 0 bridgehead atoms. The Bertz CT molecular complexity index is 961. The molecule has 0 saturated heterocycles. The van der Waals surface area contributed by atoms with Gasteiger partial charge in [-0.05, 0) is 42.8 Å². The molecule has 138 valence electrons. The molecule has 1 heterocycles. The lowest BCUT2D eigenvalue weighted by Crippen LogP contribution is -2.13. The highest BCUT2D eigenvalue weighted by atomic mass is 35.5. The van der Waals surface area contributed by atoms with Crippen LogP contribution in [0.5, 0.6) is 17.2 Å². The third-order valence-corrected chi connectivity index (χ3v) is 4.19. The van der Waals surface area contributed by atoms with Crippen LogP contribution in [0.4, 0.5) is 0 Å². The van der Waals surface area contributed by atoms with Crippen molar-refractivity contribution in [1.29, 1.82) is 5.26 Å². The number of nitrogens with one attached hydrogen (secondary N) is 2. The maximum Gasteiger partial charge on any atom is 0.172 e. The molecule has 1 aromatic heterocycles. The second kappa shape index (κ2) is 8.58. The number of aryl methyl sites for hydroxylation is 1. The first kappa shape index (κ1) is 18.8. The Morgan fingerprint density at radius 2 is 1.93 bits per heavy atom. The maximum absolute atomic E-state index is 9.08. The van der Waals surface area contributed by atoms with E-state index in [1.54, 1.807) is 25.3 Å². The lowest BCUT2D eigenvalue weighted by Gasteiger charge is -2.09. The first-order chi connectivity index (χ1) is 13.1. The van der Waals surface area contributed by atoms with Crippen LogP contribution in [0, 0.1) is 18.3 Å². The summed E-state index contributed by atoms with van der Waals surface area (Å²) >= 11 is 6.05. The van der Waals surface area contributed by atoms with Crippen LogP contribution >= 0.6 is 11.6 Å². The molecule has 3 rings (SSSR count). The summed E-state index contributed by atoms with van der Waals surface area (Å²) in [5, 5.41) is 20.1. The van der Waals surface area contributed by atoms with Crippen LogP contribution in [0.2, 0.25) is 5.02 Å². The van der Waals surface area contributed by atoms with Crippen molar-refractivity contribution in [3.63, 3.8) is 0 Å². The monoisotopic (exact) mass is 382 g/mol. The number of aromatic nitrogens is 2. The van der Waals surface area contributed by atoms with Gasteiger partial charge in [-0.1, -0.05) is 23.7 Å². The van der Waals surface area contributed by atoms with E-state index in [0.717, 1.165) is 22.7 Å². The molecule has 2 aromatic carbocycles. The fourth-order valence-electron chi connectivity index (χ4n) is 2.61. The van der Waals surface area contributed by atoms with Crippen LogP contribution < -0.4 is 14.8 Å². The summed E-state index contributed by atoms with van der Waals surface area (Å²) in [5.74, 6) is 1.96. The van der Waals surface area contributed by atoms with Crippen molar-refractivity contribution in [2.75, 3.05) is 7.11 Å². The SMILES string of the molecule is COc1ccc(CNCc2[nH]nc(C)c2Oc2cc(Cl)cc(C#N)c2)cc1. The van der Waals surface area contributed by atoms with Crippen molar-refractivity contribution in [2.24, 2.45) is 0 Å². The van der Waals surface area contributed by atoms with Crippen LogP contribution in [-0.4, -0.2) is 17.3 Å². The van der Waals surface area contributed by atoms with Crippen molar-refractivity contribution in [1.82, 2.24) is 15.5 Å². The van der Waals surface area contributed by atoms with Gasteiger partial charge in [-0.3, -0.25) is 5.10 Å². The summed E-state index contributed by atoms with van der Waals surface area (Å²) in [4.78, 5) is 0. The maximum atomic E-state index is 9.08. The number of hydrogen-bond acceptors (Lipinski definition) is 5. The topological polar surface area (TPSA) is 83.0 Å². The molecule has 0 radical (unpaired) electrons. The number of hydrogen-bond donors (Lipinski definition) is 2. The van der Waals surface area contributed by atoms with Crippen molar-refractivity contribution in [3.05, 3.63) is 70.0 Å². The van der Waals surface area contributed by atoms with Crippen LogP contribution in [0.15, 0.2) is 42.5 Å². The average Bonchev–Trinajstić information content (AvgIpc) is 3.01. The van der Waals surface area contributed by atoms with Gasteiger partial charge in [-0.15, -0.1) is 0 Å². The third kappa shape index (κ3) is 4.79. The Morgan fingerprint density at radius 1 is 1.15 bits per heavy atom. The van der Waals surface area contributed by atoms with Crippen LogP contribution in [-0.2, 0) is 13.1 Å². The lowest BCUT2D eigenvalue weighted by molar-refractivity contribution is 0.414. The number of H-pyrrole nitrogens is 1. The number of nitriles is 1. The van der Waals surface area contributed by atoms with Crippen molar-refractivity contribution < 1.29 is 9.47 Å². The van der Waals surface area contributed by atoms with Crippen LogP contribution in [0.25, 0.3) is 0 Å². The Balaban J connectivity index is 1.67. The number of halogens is 1. The average molecular weight is 383 g/mol. The Morgan fingerprint density at radius 3 is 2.63 bits per heavy atom. The zero-order chi connectivity index (χ0) is 19.2. The fourth-order valence-corrected chi connectivity index (χ4v) is 2.83. The second-order valence-corrected chi connectivity index (χ2v) is 6.39. The van der Waals surface area contributed by atoms with E-state index >= 15 is 0 Å². The molecule has 3 aromatic rings. The smallest absolute Gasteiger partial charge is 0.172 e. The summed E-state index contributed by atoms with van der Waals surface area (Å²) in [7, 11) is 1.65. The van der Waals surface area contributed by atoms with Gasteiger partial charge in [0.25, 0.3) is 0 Å². The van der Waals surface area contributed by atoms with E-state index in [-0.39, 0.29) is 0 Å². The summed E-state index contributed by atoms with van der Waals surface area (Å²) in [6.07, 6.45) is 0. The minimum absolute atomic E-state index is 0.442. The predicted molar refractivity (Wildman–Crippen MR) is 103 cm³/mol. The summed E-state index contributed by atoms with van der Waals surface area (Å²) < 4.78 is 11.1. The van der Waals surface area contributed by atoms with E-state index in [9.17, 15) is 0 Å². The molecule has 0 amide bonds. The van der Waals surface area contributed by atoms with Gasteiger partial charge >= 0.3 is 0 Å². The highest BCUT2D eigenvalue weighted by molar-refractivity contribution is 6.30. The Labute approximate surface area is 162 Å². The number of methoxy groups -OCH3 is 1. The van der Waals surface area contributed by atoms with Gasteiger partial charge in [0.1, 0.15) is 17.2 Å². The highest BCUT2D eigenvalue weighted by Crippen LogP contribution is 2.30. The zero-order valence-corrected chi connectivity index (χ0v) is 15.8. The quantitative estimate of drug-likeness (QED) is 0.635. The zero-order valence-electron chi connectivity index (χ0n) is 15.0. The number of nitrogens with zero attached hydrogens (tertiary/aromatic N) is 2. The normalized spacial score (nSPS) is 10.4. The van der Waals surface area contributed by atoms with Crippen LogP contribution in [0.3, 0.4) is 0 Å². The first-order valence-corrected chi connectivity index (χ1v) is 8.73. The highest BCUT2D eigenvalue weighted by Gasteiger charge is 2.13. The molecular formula is C20H19ClN4O2. The number of benzene rings is 2. The van der Waals surface area contributed by atoms with E-state index in [1.807, 2.05) is 31.2 Å². The molecule has 0 aliphatic carbocycles. The lowest BCUT2D eigenvalue weighted by atomic mass is 10.2. The Hall–Kier alpha value is -3.01. The summed E-state index contributed by atoms with van der Waals surface area (Å²) in [6, 6.07) is 14.9. The third-order valence-electron chi connectivity index (χ3n) is 3.97. The molecule has 27 heavy (non-hydrogen) atoms. The van der Waals surface area contributed by atoms with Crippen LogP contribution in [0.1, 0.15) is 22.5 Å². The Kier molecular flexibility index (Phi) is 5.97. The van der Waals surface area contributed by atoms with Gasteiger partial charge in [0, 0.05) is 18.1 Å². The standard InChI is InChI=1S/C20H19ClN4O2/c1-13-20(27-18-8-15(10-22)7-16(21)9-18)19(25-24-13)12-23-11-14-3-5-17(26-2)6-4-14/h3-9,23H,11-12H2,1-2H3,(H,24,25). The molecule has 0 atom stereocenters. The second-order valence-electron chi connectivity index (χ2n) is 5.96. The number of aromatic amines is 1. The largest absolute Gasteiger partial charge is 0.497 e. The molecule has 0 fully saturated rings. The molecule has 0 unspecified atom stereocenters. The molecular weight excluding hydrogens is 364 g/mol. The molecule has 0 spiro atoms. The van der Waals surface area contributed by atoms with E-state index in [1.165, 1.54) is 0 Å². The summed E-state index contributed by atoms with van der Waals surface area (Å²) in [5.41, 5.74) is 3.13. The van der Waals surface area contributed by atoms with Crippen molar-refractivity contribution in [2.45, 2.75) is 20.0 Å². The summed E-state index contributed by atoms with van der Waals surface area (Å²) in [6.45, 7) is 3.10. The predicted octanol–water partition coefficient (Wildman–Crippen LogP) is 4.33. The van der Waals surface area contributed by atoms with E-state index in [0.29, 0.717) is 35.2 Å². The minimum Gasteiger partial charge on any atom is -0.497 e. The van der Waals surface area contributed by atoms with Gasteiger partial charge in [0.15, 0.2) is 5.75 Å². The molecule has 0 aliphatic rings. The minimum atomic E-state index is 0.442. The molecule has 6 nitrogen and oxygen atoms in total. The molecule has 0 saturated carbocycles. The van der Waals surface area contributed by atoms with Gasteiger partial charge in [-0.2, -0.15) is 10.4 Å². The van der Waals surface area contributed by atoms with E-state index in [2.05, 4.69) is 21.6 Å². The van der Waals surface area contributed by atoms with Gasteiger partial charge in [-0.25, -0.2) is 0 Å². The van der Waals surface area contributed by atoms with E-state index in [4.69, 9.17) is 26.3 Å². The van der Waals surface area contributed by atoms with Crippen molar-refractivity contribution >= 4 is 11.6 Å². The number of ether oxygens (including phenoxy) is 2. The van der Waals surface area contributed by atoms with E-state index < -0.39 is 0 Å². The number of rotatable bonds is 7.